The molecule has 9 heteroatoms. The maximum absolute atomic E-state index is 11.3. The molecule has 3 aromatic rings. The number of hydrogen-bond donors (Lipinski definition) is 2. The fourth-order valence-corrected chi connectivity index (χ4v) is 4.18. The number of nitrogen functional groups attached to an aromatic ring is 1. The highest BCUT2D eigenvalue weighted by Crippen LogP contribution is 2.30. The summed E-state index contributed by atoms with van der Waals surface area (Å²) in [7, 11) is -3.23. The number of aromatic nitrogens is 3. The molecule has 0 amide bonds. The fraction of sp³-hybridized carbons (Fsp3) is 0.412. The summed E-state index contributed by atoms with van der Waals surface area (Å²) in [6, 6.07) is 6.23. The minimum absolute atomic E-state index is 0.286. The van der Waals surface area contributed by atoms with E-state index in [2.05, 4.69) is 49.7 Å². The van der Waals surface area contributed by atoms with E-state index in [-0.39, 0.29) is 6.54 Å². The second kappa shape index (κ2) is 7.50. The molecule has 0 bridgehead atoms. The number of nitrogens with two attached hydrogens (primary N) is 1. The number of anilines is 1. The normalized spacial score (nSPS) is 13.5. The zero-order valence-corrected chi connectivity index (χ0v) is 17.1. The zero-order valence-electron chi connectivity index (χ0n) is 14.7. The molecule has 7 nitrogen and oxygen atoms in total. The molecule has 3 N–H and O–H groups in total. The van der Waals surface area contributed by atoms with Crippen LogP contribution in [-0.4, -0.2) is 41.1 Å². The summed E-state index contributed by atoms with van der Waals surface area (Å²) >= 11 is 3.49. The van der Waals surface area contributed by atoms with E-state index in [0.717, 1.165) is 34.4 Å². The largest absolute Gasteiger partial charge is 0.382 e. The van der Waals surface area contributed by atoms with Crippen molar-refractivity contribution in [1.82, 2.24) is 19.3 Å². The summed E-state index contributed by atoms with van der Waals surface area (Å²) in [5.74, 6) is 0.800. The summed E-state index contributed by atoms with van der Waals surface area (Å²) in [5.41, 5.74) is 9.67. The Morgan fingerprint density at radius 2 is 2.15 bits per heavy atom. The monoisotopic (exact) mass is 439 g/mol. The molecule has 1 aromatic carbocycles. The van der Waals surface area contributed by atoms with Gasteiger partial charge in [-0.1, -0.05) is 35.0 Å². The molecule has 3 rings (SSSR count). The van der Waals surface area contributed by atoms with Crippen LogP contribution in [0, 0.1) is 0 Å². The average Bonchev–Trinajstić information content (AvgIpc) is 2.98. The van der Waals surface area contributed by atoms with Crippen molar-refractivity contribution in [2.24, 2.45) is 0 Å². The van der Waals surface area contributed by atoms with Crippen molar-refractivity contribution in [3.05, 3.63) is 30.1 Å². The number of fused-ring (bicyclic) bond motifs is 3. The first-order valence-electron chi connectivity index (χ1n) is 8.34. The van der Waals surface area contributed by atoms with E-state index in [1.54, 1.807) is 6.33 Å². The van der Waals surface area contributed by atoms with Crippen molar-refractivity contribution in [1.29, 1.82) is 0 Å². The van der Waals surface area contributed by atoms with Crippen molar-refractivity contribution in [3.8, 4) is 0 Å². The molecule has 1 atom stereocenters. The number of rotatable bonds is 7. The summed E-state index contributed by atoms with van der Waals surface area (Å²) in [6.45, 7) is 2.93. The van der Waals surface area contributed by atoms with E-state index in [1.165, 1.54) is 5.56 Å². The van der Waals surface area contributed by atoms with Gasteiger partial charge >= 0.3 is 0 Å². The average molecular weight is 440 g/mol. The molecule has 26 heavy (non-hydrogen) atoms. The van der Waals surface area contributed by atoms with E-state index in [4.69, 9.17) is 5.73 Å². The van der Waals surface area contributed by atoms with Crippen LogP contribution in [0.25, 0.3) is 21.9 Å². The molecule has 0 radical (unpaired) electrons. The predicted octanol–water partition coefficient (Wildman–Crippen LogP) is 2.60. The number of halogens is 1. The second-order valence-electron chi connectivity index (χ2n) is 6.45. The third-order valence-corrected chi connectivity index (χ3v) is 5.61. The number of alkyl halides is 1. The van der Waals surface area contributed by atoms with E-state index in [0.29, 0.717) is 23.8 Å². The molecular formula is C17H22BrN5O2S. The van der Waals surface area contributed by atoms with Gasteiger partial charge in [0, 0.05) is 23.8 Å². The van der Waals surface area contributed by atoms with Gasteiger partial charge in [-0.3, -0.25) is 0 Å². The summed E-state index contributed by atoms with van der Waals surface area (Å²) in [4.78, 5) is 8.88. The van der Waals surface area contributed by atoms with Gasteiger partial charge in [-0.15, -0.1) is 0 Å². The molecular weight excluding hydrogens is 418 g/mol. The van der Waals surface area contributed by atoms with Gasteiger partial charge in [0.2, 0.25) is 10.0 Å². The van der Waals surface area contributed by atoms with Gasteiger partial charge in [-0.05, 0) is 24.0 Å². The van der Waals surface area contributed by atoms with E-state index < -0.39 is 10.0 Å². The molecule has 0 aliphatic rings. The lowest BCUT2D eigenvalue weighted by Crippen LogP contribution is -2.25. The maximum atomic E-state index is 11.3. The number of imidazole rings is 1. The van der Waals surface area contributed by atoms with Gasteiger partial charge in [0.15, 0.2) is 5.82 Å². The van der Waals surface area contributed by atoms with Crippen LogP contribution in [-0.2, 0) is 16.6 Å². The van der Waals surface area contributed by atoms with Crippen LogP contribution in [0.3, 0.4) is 0 Å². The van der Waals surface area contributed by atoms with Crippen LogP contribution >= 0.6 is 15.9 Å². The van der Waals surface area contributed by atoms with Gasteiger partial charge in [0.1, 0.15) is 5.52 Å². The molecule has 140 valence electrons. The quantitative estimate of drug-likeness (QED) is 0.550. The van der Waals surface area contributed by atoms with Crippen LogP contribution in [0.4, 0.5) is 5.82 Å². The topological polar surface area (TPSA) is 103 Å². The van der Waals surface area contributed by atoms with Crippen LogP contribution in [0.1, 0.15) is 24.8 Å². The Morgan fingerprint density at radius 1 is 1.38 bits per heavy atom. The number of nitrogens with one attached hydrogen (secondary N) is 1. The fourth-order valence-electron chi connectivity index (χ4n) is 3.03. The Bertz CT molecular complexity index is 1050. The minimum atomic E-state index is -3.23. The molecule has 0 saturated heterocycles. The van der Waals surface area contributed by atoms with Crippen LogP contribution in [0.2, 0.25) is 0 Å². The first-order chi connectivity index (χ1) is 12.3. The molecule has 0 aliphatic carbocycles. The van der Waals surface area contributed by atoms with Gasteiger partial charge in [-0.2, -0.15) is 0 Å². The van der Waals surface area contributed by atoms with Crippen molar-refractivity contribution >= 4 is 53.7 Å². The third kappa shape index (κ3) is 3.99. The number of pyridine rings is 1. The number of nitrogens with zero attached hydrogens (tertiary/aromatic N) is 3. The Balaban J connectivity index is 2.04. The Morgan fingerprint density at radius 3 is 2.85 bits per heavy atom. The lowest BCUT2D eigenvalue weighted by molar-refractivity contribution is 0.580. The molecule has 0 aliphatic heterocycles. The predicted molar refractivity (Wildman–Crippen MR) is 109 cm³/mol. The Hall–Kier alpha value is -1.71. The standard InChI is InChI=1S/C17H22BrN5O2S/c1-11(5-6-18)12-3-4-13-14(9-12)22-17(19)15-16(13)23(10-20-15)8-7-21-26(2,24)25/h3-4,9-11,21H,5-8H2,1-2H3,(H2,19,22). The van der Waals surface area contributed by atoms with Crippen molar-refractivity contribution in [2.75, 3.05) is 23.9 Å². The first kappa shape index (κ1) is 19.1. The first-order valence-corrected chi connectivity index (χ1v) is 11.4. The minimum Gasteiger partial charge on any atom is -0.382 e. The molecule has 0 fully saturated rings. The van der Waals surface area contributed by atoms with Gasteiger partial charge in [0.05, 0.1) is 23.6 Å². The summed E-state index contributed by atoms with van der Waals surface area (Å²) in [5, 5.41) is 1.90. The Kier molecular flexibility index (Phi) is 5.50. The van der Waals surface area contributed by atoms with Crippen molar-refractivity contribution < 1.29 is 8.42 Å². The lowest BCUT2D eigenvalue weighted by atomic mass is 9.97. The highest BCUT2D eigenvalue weighted by Gasteiger charge is 2.14. The smallest absolute Gasteiger partial charge is 0.208 e. The third-order valence-electron chi connectivity index (χ3n) is 4.43. The zero-order chi connectivity index (χ0) is 18.9. The van der Waals surface area contributed by atoms with Gasteiger partial charge in [-0.25, -0.2) is 23.1 Å². The highest BCUT2D eigenvalue weighted by molar-refractivity contribution is 9.09. The van der Waals surface area contributed by atoms with Crippen LogP contribution in [0.5, 0.6) is 0 Å². The van der Waals surface area contributed by atoms with E-state index in [9.17, 15) is 8.42 Å². The maximum Gasteiger partial charge on any atom is 0.208 e. The van der Waals surface area contributed by atoms with Crippen molar-refractivity contribution in [3.63, 3.8) is 0 Å². The SMILES string of the molecule is CC(CCBr)c1ccc2c(c1)nc(N)c1ncn(CCNS(C)(=O)=O)c12. The van der Waals surface area contributed by atoms with Crippen LogP contribution in [0.15, 0.2) is 24.5 Å². The molecule has 2 heterocycles. The Labute approximate surface area is 161 Å². The molecule has 0 saturated carbocycles. The molecule has 1 unspecified atom stereocenters. The second-order valence-corrected chi connectivity index (χ2v) is 9.08. The van der Waals surface area contributed by atoms with Crippen LogP contribution < -0.4 is 10.5 Å². The van der Waals surface area contributed by atoms with E-state index >= 15 is 0 Å². The number of benzene rings is 1. The molecule has 0 spiro atoms. The number of hydrogen-bond acceptors (Lipinski definition) is 5. The highest BCUT2D eigenvalue weighted by atomic mass is 79.9. The number of sulfonamides is 1. The summed E-state index contributed by atoms with van der Waals surface area (Å²) in [6.07, 6.45) is 3.86. The summed E-state index contributed by atoms with van der Waals surface area (Å²) < 4.78 is 27.0. The lowest BCUT2D eigenvalue weighted by Gasteiger charge is -2.12. The van der Waals surface area contributed by atoms with Crippen molar-refractivity contribution in [2.45, 2.75) is 25.8 Å². The van der Waals surface area contributed by atoms with Gasteiger partial charge in [0.25, 0.3) is 0 Å². The van der Waals surface area contributed by atoms with Gasteiger partial charge < -0.3 is 10.3 Å². The van der Waals surface area contributed by atoms with E-state index in [1.807, 2.05) is 10.6 Å². The molecule has 2 aromatic heterocycles.